The van der Waals surface area contributed by atoms with E-state index in [-0.39, 0.29) is 17.5 Å². The predicted octanol–water partition coefficient (Wildman–Crippen LogP) is 5.18. The number of sulfonamides is 1. The molecule has 2 fully saturated rings. The van der Waals surface area contributed by atoms with E-state index in [1.165, 1.54) is 16.8 Å². The summed E-state index contributed by atoms with van der Waals surface area (Å²) in [5.41, 5.74) is 2.57. The van der Waals surface area contributed by atoms with Crippen LogP contribution in [0.4, 0.5) is 34.5 Å². The fraction of sp³-hybridized carbons (Fsp3) is 0.529. The molecule has 1 aromatic heterocycles. The number of piperidine rings is 1. The molecule has 4 aliphatic rings. The molecular weight excluding hydrogens is 668 g/mol. The molecule has 13 nitrogen and oxygen atoms in total. The molecule has 0 saturated carbocycles. The Morgan fingerprint density at radius 1 is 1.00 bits per heavy atom. The van der Waals surface area contributed by atoms with E-state index in [2.05, 4.69) is 42.3 Å². The van der Waals surface area contributed by atoms with Crippen LogP contribution in [0.5, 0.6) is 17.2 Å². The minimum Gasteiger partial charge on any atom is -0.494 e. The van der Waals surface area contributed by atoms with Gasteiger partial charge in [0.2, 0.25) is 16.0 Å². The molecular formula is C34H47ClN8O5S. The Kier molecular flexibility index (Phi) is 11.1. The first kappa shape index (κ1) is 35.1. The molecule has 49 heavy (non-hydrogen) atoms. The van der Waals surface area contributed by atoms with Gasteiger partial charge in [-0.25, -0.2) is 13.4 Å². The summed E-state index contributed by atoms with van der Waals surface area (Å²) < 4.78 is 45.2. The monoisotopic (exact) mass is 714 g/mol. The third-order valence-electron chi connectivity index (χ3n) is 9.37. The molecule has 3 aromatic rings. The molecule has 4 aliphatic heterocycles. The fourth-order valence-electron chi connectivity index (χ4n) is 6.67. The van der Waals surface area contributed by atoms with Crippen molar-refractivity contribution in [3.8, 4) is 17.2 Å². The summed E-state index contributed by atoms with van der Waals surface area (Å²) in [6.07, 6.45) is 6.38. The van der Waals surface area contributed by atoms with Gasteiger partial charge in [0.05, 0.1) is 55.5 Å². The van der Waals surface area contributed by atoms with Crippen LogP contribution in [0.3, 0.4) is 0 Å². The van der Waals surface area contributed by atoms with E-state index < -0.39 is 10.0 Å². The van der Waals surface area contributed by atoms with E-state index in [1.54, 1.807) is 32.2 Å². The van der Waals surface area contributed by atoms with Gasteiger partial charge in [-0.2, -0.15) is 4.98 Å². The summed E-state index contributed by atoms with van der Waals surface area (Å²) in [5.74, 6) is 2.52. The van der Waals surface area contributed by atoms with Gasteiger partial charge in [-0.15, -0.1) is 0 Å². The van der Waals surface area contributed by atoms with Crippen LogP contribution in [0.25, 0.3) is 0 Å². The van der Waals surface area contributed by atoms with Crippen molar-refractivity contribution in [3.63, 3.8) is 0 Å². The average molecular weight is 715 g/mol. The maximum Gasteiger partial charge on any atom is 0.232 e. The second-order valence-electron chi connectivity index (χ2n) is 12.7. The Balaban J connectivity index is 1.30. The van der Waals surface area contributed by atoms with Crippen LogP contribution in [-0.4, -0.2) is 114 Å². The van der Waals surface area contributed by atoms with Crippen molar-refractivity contribution in [3.05, 3.63) is 41.6 Å². The zero-order valence-electron chi connectivity index (χ0n) is 28.7. The first-order chi connectivity index (χ1) is 23.6. The Morgan fingerprint density at radius 3 is 2.43 bits per heavy atom. The lowest BCUT2D eigenvalue weighted by Crippen LogP contribution is -2.52. The van der Waals surface area contributed by atoms with Crippen molar-refractivity contribution >= 4 is 56.1 Å². The Hall–Kier alpha value is -3.72. The summed E-state index contributed by atoms with van der Waals surface area (Å²) in [5, 5.41) is 6.79. The van der Waals surface area contributed by atoms with Crippen LogP contribution >= 0.6 is 11.6 Å². The molecule has 0 amide bonds. The number of benzene rings is 2. The first-order valence-corrected chi connectivity index (χ1v) is 19.2. The van der Waals surface area contributed by atoms with Crippen molar-refractivity contribution in [2.45, 2.75) is 38.6 Å². The van der Waals surface area contributed by atoms with Crippen molar-refractivity contribution in [2.24, 2.45) is 0 Å². The zero-order chi connectivity index (χ0) is 34.5. The topological polar surface area (TPSA) is 125 Å². The van der Waals surface area contributed by atoms with Crippen molar-refractivity contribution < 1.29 is 22.6 Å². The van der Waals surface area contributed by atoms with Gasteiger partial charge in [0, 0.05) is 70.1 Å². The lowest BCUT2D eigenvalue weighted by molar-refractivity contribution is 0.0981. The third kappa shape index (κ3) is 8.36. The number of halogens is 1. The number of methoxy groups -OCH3 is 1. The number of hydrogen-bond acceptors (Lipinski definition) is 12. The van der Waals surface area contributed by atoms with Crippen LogP contribution in [0.15, 0.2) is 36.5 Å². The smallest absolute Gasteiger partial charge is 0.232 e. The van der Waals surface area contributed by atoms with E-state index in [9.17, 15) is 8.42 Å². The molecule has 0 unspecified atom stereocenters. The number of rotatable bonds is 6. The highest BCUT2D eigenvalue weighted by Crippen LogP contribution is 2.42. The molecule has 15 heteroatoms. The minimum atomic E-state index is -3.59. The number of aromatic nitrogens is 2. The molecule has 0 atom stereocenters. The second-order valence-corrected chi connectivity index (χ2v) is 15.0. The minimum absolute atomic E-state index is 0.227. The Bertz CT molecular complexity index is 1710. The van der Waals surface area contributed by atoms with Gasteiger partial charge < -0.3 is 34.6 Å². The number of fused-ring (bicyclic) bond motifs is 7. The van der Waals surface area contributed by atoms with Crippen LogP contribution in [0, 0.1) is 0 Å². The lowest BCUT2D eigenvalue weighted by atomic mass is 10.0. The molecule has 266 valence electrons. The molecule has 2 N–H and O–H groups in total. The highest BCUT2D eigenvalue weighted by molar-refractivity contribution is 7.92. The van der Waals surface area contributed by atoms with E-state index in [1.807, 2.05) is 12.1 Å². The Morgan fingerprint density at radius 2 is 1.73 bits per heavy atom. The van der Waals surface area contributed by atoms with Crippen LogP contribution in [-0.2, 0) is 10.0 Å². The maximum absolute atomic E-state index is 12.7. The zero-order valence-corrected chi connectivity index (χ0v) is 30.3. The summed E-state index contributed by atoms with van der Waals surface area (Å²) >= 11 is 6.56. The van der Waals surface area contributed by atoms with Gasteiger partial charge in [0.25, 0.3) is 0 Å². The summed E-state index contributed by atoms with van der Waals surface area (Å²) in [6, 6.07) is 9.85. The molecule has 2 saturated heterocycles. The van der Waals surface area contributed by atoms with Crippen molar-refractivity contribution in [1.82, 2.24) is 19.8 Å². The van der Waals surface area contributed by atoms with Gasteiger partial charge in [-0.3, -0.25) is 9.21 Å². The van der Waals surface area contributed by atoms with Crippen LogP contribution in [0.1, 0.15) is 32.6 Å². The summed E-state index contributed by atoms with van der Waals surface area (Å²) in [4.78, 5) is 16.5. The summed E-state index contributed by atoms with van der Waals surface area (Å²) in [6.45, 7) is 9.31. The van der Waals surface area contributed by atoms with Gasteiger partial charge in [-0.05, 0) is 51.8 Å². The van der Waals surface area contributed by atoms with Crippen molar-refractivity contribution in [2.75, 3.05) is 99.3 Å². The number of ether oxygens (including phenoxy) is 3. The number of anilines is 6. The number of hydrogen-bond donors (Lipinski definition) is 2. The molecule has 7 rings (SSSR count). The van der Waals surface area contributed by atoms with Crippen LogP contribution in [0.2, 0.25) is 5.02 Å². The number of nitrogens with zero attached hydrogens (tertiary/aromatic N) is 6. The molecule has 5 heterocycles. The second kappa shape index (κ2) is 15.4. The number of nitrogens with one attached hydrogen (secondary N) is 2. The van der Waals surface area contributed by atoms with E-state index in [0.717, 1.165) is 76.4 Å². The fourth-order valence-corrected chi connectivity index (χ4v) is 7.79. The number of likely N-dealkylation sites (N-methyl/N-ethyl adjacent to an activating group) is 1. The molecule has 0 aliphatic carbocycles. The van der Waals surface area contributed by atoms with Gasteiger partial charge in [0.1, 0.15) is 22.3 Å². The molecule has 0 spiro atoms. The SMILES string of the molecule is CCN(c1cc2ccc1Nc1nc(ncc1Cl)Nc1cc(c(N3CCC(N4CCN(C)CC4)CC3)cc1OC)OCCCCO2)S(C)(=O)=O. The van der Waals surface area contributed by atoms with Crippen molar-refractivity contribution in [1.29, 1.82) is 0 Å². The largest absolute Gasteiger partial charge is 0.494 e. The summed E-state index contributed by atoms with van der Waals surface area (Å²) in [7, 11) is 0.252. The standard InChI is InChI=1S/C34H47ClN8O5S/c1-5-43(49(4,44)45)29-20-25-8-9-27(29)37-33-26(35)23-36-34(39-33)38-28-21-32(48-19-7-6-18-47-25)30(22-31(28)46-3)42-12-10-24(11-13-42)41-16-14-40(2)15-17-41/h8-9,20-24H,5-7,10-19H2,1-4H3,(H2,36,37,38,39). The van der Waals surface area contributed by atoms with E-state index >= 15 is 0 Å². The lowest BCUT2D eigenvalue weighted by Gasteiger charge is -2.42. The predicted molar refractivity (Wildman–Crippen MR) is 195 cm³/mol. The normalized spacial score (nSPS) is 18.3. The average Bonchev–Trinajstić information content (AvgIpc) is 3.08. The number of piperazine rings is 1. The van der Waals surface area contributed by atoms with Crippen LogP contribution < -0.4 is 34.0 Å². The maximum atomic E-state index is 12.7. The molecule has 2 aromatic carbocycles. The highest BCUT2D eigenvalue weighted by Gasteiger charge is 2.29. The van der Waals surface area contributed by atoms with Gasteiger partial charge >= 0.3 is 0 Å². The molecule has 6 bridgehead atoms. The van der Waals surface area contributed by atoms with Gasteiger partial charge in [-0.1, -0.05) is 11.6 Å². The Labute approximate surface area is 294 Å². The van der Waals surface area contributed by atoms with Gasteiger partial charge in [0.15, 0.2) is 5.82 Å². The van der Waals surface area contributed by atoms with E-state index in [0.29, 0.717) is 53.6 Å². The first-order valence-electron chi connectivity index (χ1n) is 17.0. The third-order valence-corrected chi connectivity index (χ3v) is 10.9. The quantitative estimate of drug-likeness (QED) is 0.350. The van der Waals surface area contributed by atoms with E-state index in [4.69, 9.17) is 25.8 Å². The molecule has 0 radical (unpaired) electrons. The highest BCUT2D eigenvalue weighted by atomic mass is 35.5.